The molecule has 2 aromatic rings. The second-order valence-corrected chi connectivity index (χ2v) is 7.50. The lowest BCUT2D eigenvalue weighted by Crippen LogP contribution is -2.13. The topological polar surface area (TPSA) is 12.9 Å². The van der Waals surface area contributed by atoms with Crippen LogP contribution in [0, 0.1) is 5.92 Å². The van der Waals surface area contributed by atoms with Crippen molar-refractivity contribution in [1.29, 1.82) is 0 Å². The van der Waals surface area contributed by atoms with Gasteiger partial charge in [0.1, 0.15) is 0 Å². The Morgan fingerprint density at radius 1 is 1.23 bits per heavy atom. The summed E-state index contributed by atoms with van der Waals surface area (Å²) >= 11 is 2.02. The highest BCUT2D eigenvalue weighted by Gasteiger charge is 2.25. The van der Waals surface area contributed by atoms with Crippen LogP contribution in [0.5, 0.6) is 0 Å². The summed E-state index contributed by atoms with van der Waals surface area (Å²) in [7, 11) is 0. The number of fused-ring (bicyclic) bond motifs is 1. The maximum atomic E-state index is 4.48. The molecule has 1 aromatic carbocycles. The zero-order valence-corrected chi connectivity index (χ0v) is 13.8. The predicted octanol–water partition coefficient (Wildman–Crippen LogP) is 5.86. The highest BCUT2D eigenvalue weighted by Crippen LogP contribution is 2.47. The van der Waals surface area contributed by atoms with E-state index >= 15 is 0 Å². The molecule has 1 aliphatic heterocycles. The summed E-state index contributed by atoms with van der Waals surface area (Å²) in [4.78, 5) is 7.58. The fourth-order valence-electron chi connectivity index (χ4n) is 3.53. The van der Waals surface area contributed by atoms with Gasteiger partial charge in [0.2, 0.25) is 0 Å². The number of nitrogens with zero attached hydrogens (tertiary/aromatic N) is 1. The minimum atomic E-state index is 0.895. The highest BCUT2D eigenvalue weighted by atomic mass is 32.2. The molecule has 1 unspecified atom stereocenters. The largest absolute Gasteiger partial charge is 0.256 e. The molecule has 1 nitrogen and oxygen atoms in total. The first-order valence-corrected chi connectivity index (χ1v) is 9.08. The maximum absolute atomic E-state index is 4.48. The molecule has 0 N–H and O–H groups in total. The SMILES string of the molecule is CCC1CCC2=C(C1)Sc1cc(-c3ccccn3)ccc1C2. The van der Waals surface area contributed by atoms with Gasteiger partial charge in [-0.25, -0.2) is 0 Å². The molecule has 112 valence electrons. The standard InChI is InChI=1S/C20H21NS/c1-2-14-6-7-16-12-17-9-8-15(18-5-3-4-10-21-18)13-20(17)22-19(16)11-14/h3-5,8-10,13-14H,2,6-7,11-12H2,1H3. The number of rotatable bonds is 2. The predicted molar refractivity (Wildman–Crippen MR) is 93.9 cm³/mol. The van der Waals surface area contributed by atoms with Gasteiger partial charge >= 0.3 is 0 Å². The lowest BCUT2D eigenvalue weighted by atomic mass is 9.85. The van der Waals surface area contributed by atoms with Crippen molar-refractivity contribution >= 4 is 11.8 Å². The molecule has 0 amide bonds. The monoisotopic (exact) mass is 307 g/mol. The van der Waals surface area contributed by atoms with Crippen molar-refractivity contribution in [2.45, 2.75) is 43.9 Å². The summed E-state index contributed by atoms with van der Waals surface area (Å²) in [6.07, 6.45) is 8.34. The first kappa shape index (κ1) is 14.1. The Bertz CT molecular complexity index is 718. The minimum Gasteiger partial charge on any atom is -0.256 e. The summed E-state index contributed by atoms with van der Waals surface area (Å²) in [5.41, 5.74) is 5.51. The maximum Gasteiger partial charge on any atom is 0.0702 e. The molecule has 0 radical (unpaired) electrons. The Morgan fingerprint density at radius 2 is 2.18 bits per heavy atom. The van der Waals surface area contributed by atoms with Crippen LogP contribution in [0.2, 0.25) is 0 Å². The van der Waals surface area contributed by atoms with Crippen molar-refractivity contribution < 1.29 is 0 Å². The first-order valence-electron chi connectivity index (χ1n) is 8.26. The van der Waals surface area contributed by atoms with Crippen molar-refractivity contribution in [3.8, 4) is 11.3 Å². The van der Waals surface area contributed by atoms with E-state index < -0.39 is 0 Å². The van der Waals surface area contributed by atoms with Gasteiger partial charge in [-0.2, -0.15) is 0 Å². The molecule has 0 bridgehead atoms. The van der Waals surface area contributed by atoms with Crippen molar-refractivity contribution in [2.24, 2.45) is 5.92 Å². The second-order valence-electron chi connectivity index (χ2n) is 6.36. The number of aromatic nitrogens is 1. The molecular formula is C20H21NS. The van der Waals surface area contributed by atoms with Crippen LogP contribution in [0.4, 0.5) is 0 Å². The third kappa shape index (κ3) is 2.61. The van der Waals surface area contributed by atoms with Crippen LogP contribution in [0.25, 0.3) is 11.3 Å². The molecule has 2 aliphatic rings. The average Bonchev–Trinajstić information content (AvgIpc) is 2.59. The van der Waals surface area contributed by atoms with E-state index in [-0.39, 0.29) is 0 Å². The molecule has 0 saturated heterocycles. The smallest absolute Gasteiger partial charge is 0.0702 e. The van der Waals surface area contributed by atoms with E-state index in [1.807, 2.05) is 24.0 Å². The van der Waals surface area contributed by atoms with Gasteiger partial charge < -0.3 is 0 Å². The summed E-state index contributed by atoms with van der Waals surface area (Å²) in [6.45, 7) is 2.33. The van der Waals surface area contributed by atoms with E-state index in [9.17, 15) is 0 Å². The van der Waals surface area contributed by atoms with Crippen molar-refractivity contribution in [1.82, 2.24) is 4.98 Å². The van der Waals surface area contributed by atoms with Gasteiger partial charge in [-0.3, -0.25) is 4.98 Å². The average molecular weight is 307 g/mol. The Balaban J connectivity index is 1.65. The van der Waals surface area contributed by atoms with Crippen LogP contribution in [-0.2, 0) is 6.42 Å². The molecular weight excluding hydrogens is 286 g/mol. The fourth-order valence-corrected chi connectivity index (χ4v) is 4.89. The third-order valence-electron chi connectivity index (χ3n) is 4.96. The number of hydrogen-bond donors (Lipinski definition) is 0. The number of hydrogen-bond acceptors (Lipinski definition) is 2. The van der Waals surface area contributed by atoms with E-state index in [2.05, 4.69) is 42.2 Å². The van der Waals surface area contributed by atoms with E-state index in [1.54, 1.807) is 10.5 Å². The van der Waals surface area contributed by atoms with E-state index in [0.29, 0.717) is 0 Å². The van der Waals surface area contributed by atoms with Gasteiger partial charge in [0.15, 0.2) is 0 Å². The zero-order chi connectivity index (χ0) is 14.9. The Labute approximate surface area is 136 Å². The summed E-state index contributed by atoms with van der Waals surface area (Å²) in [5.74, 6) is 0.895. The minimum absolute atomic E-state index is 0.895. The van der Waals surface area contributed by atoms with Crippen LogP contribution >= 0.6 is 11.8 Å². The first-order chi connectivity index (χ1) is 10.8. The molecule has 2 heteroatoms. The van der Waals surface area contributed by atoms with Crippen molar-refractivity contribution in [3.63, 3.8) is 0 Å². The van der Waals surface area contributed by atoms with Crippen LogP contribution in [0.3, 0.4) is 0 Å². The van der Waals surface area contributed by atoms with Crippen molar-refractivity contribution in [2.75, 3.05) is 0 Å². The molecule has 4 rings (SSSR count). The van der Waals surface area contributed by atoms with Crippen LogP contribution in [0.15, 0.2) is 58.0 Å². The number of thioether (sulfide) groups is 1. The number of allylic oxidation sites excluding steroid dienone is 2. The lowest BCUT2D eigenvalue weighted by Gasteiger charge is -2.30. The van der Waals surface area contributed by atoms with Gasteiger partial charge in [0, 0.05) is 16.7 Å². The Kier molecular flexibility index (Phi) is 3.79. The second kappa shape index (κ2) is 5.92. The number of benzene rings is 1. The van der Waals surface area contributed by atoms with Gasteiger partial charge in [-0.05, 0) is 60.3 Å². The normalized spacial score (nSPS) is 20.5. The van der Waals surface area contributed by atoms with Gasteiger partial charge in [-0.1, -0.05) is 48.9 Å². The Morgan fingerprint density at radius 3 is 3.00 bits per heavy atom. The molecule has 1 aliphatic carbocycles. The van der Waals surface area contributed by atoms with Crippen LogP contribution < -0.4 is 0 Å². The highest BCUT2D eigenvalue weighted by molar-refractivity contribution is 8.03. The third-order valence-corrected chi connectivity index (χ3v) is 6.27. The molecule has 0 saturated carbocycles. The summed E-state index contributed by atoms with van der Waals surface area (Å²) < 4.78 is 0. The summed E-state index contributed by atoms with van der Waals surface area (Å²) in [6, 6.07) is 13.0. The molecule has 2 heterocycles. The Hall–Kier alpha value is -1.54. The van der Waals surface area contributed by atoms with E-state index in [1.165, 1.54) is 41.7 Å². The zero-order valence-electron chi connectivity index (χ0n) is 13.0. The van der Waals surface area contributed by atoms with Crippen LogP contribution in [0.1, 0.15) is 38.2 Å². The molecule has 0 spiro atoms. The molecule has 0 fully saturated rings. The van der Waals surface area contributed by atoms with Gasteiger partial charge in [-0.15, -0.1) is 0 Å². The van der Waals surface area contributed by atoms with Crippen molar-refractivity contribution in [3.05, 3.63) is 58.6 Å². The van der Waals surface area contributed by atoms with E-state index in [4.69, 9.17) is 0 Å². The fraction of sp³-hybridized carbons (Fsp3) is 0.350. The molecule has 1 aromatic heterocycles. The van der Waals surface area contributed by atoms with Crippen LogP contribution in [-0.4, -0.2) is 4.98 Å². The lowest BCUT2D eigenvalue weighted by molar-refractivity contribution is 0.448. The van der Waals surface area contributed by atoms with Gasteiger partial charge in [0.25, 0.3) is 0 Å². The van der Waals surface area contributed by atoms with E-state index in [0.717, 1.165) is 18.0 Å². The quantitative estimate of drug-likeness (QED) is 0.689. The number of pyridine rings is 1. The van der Waals surface area contributed by atoms with Gasteiger partial charge in [0.05, 0.1) is 5.69 Å². The molecule has 1 atom stereocenters. The summed E-state index contributed by atoms with van der Waals surface area (Å²) in [5, 5.41) is 0. The molecule has 22 heavy (non-hydrogen) atoms.